The zero-order valence-electron chi connectivity index (χ0n) is 16.8. The Bertz CT molecular complexity index is 970. The molecule has 0 aliphatic carbocycles. The van der Waals surface area contributed by atoms with Crippen LogP contribution in [-0.2, 0) is 10.0 Å². The summed E-state index contributed by atoms with van der Waals surface area (Å²) in [6.07, 6.45) is 2.52. The van der Waals surface area contributed by atoms with Crippen LogP contribution in [0.4, 0.5) is 0 Å². The maximum atomic E-state index is 12.5. The average Bonchev–Trinajstić information content (AvgIpc) is 3.24. The standard InChI is InChI=1S/C22H26N2O5S/c25-30(26,16-9-19-5-2-1-3-6-19)24-13-11-23(12-14-24)10-4-15-27-20-7-8-21-22(17-20)29-18-28-21/h1-3,5-9,16-17H,4,10-15,18H2/b16-9+. The lowest BCUT2D eigenvalue weighted by molar-refractivity contribution is 0.172. The van der Waals surface area contributed by atoms with Crippen molar-refractivity contribution in [2.45, 2.75) is 6.42 Å². The molecule has 2 aliphatic heterocycles. The summed E-state index contributed by atoms with van der Waals surface area (Å²) in [6.45, 7) is 4.18. The minimum atomic E-state index is -3.39. The van der Waals surface area contributed by atoms with Crippen molar-refractivity contribution >= 4 is 16.1 Å². The Labute approximate surface area is 177 Å². The lowest BCUT2D eigenvalue weighted by Gasteiger charge is -2.33. The molecule has 1 saturated heterocycles. The molecular weight excluding hydrogens is 404 g/mol. The molecule has 2 aromatic rings. The predicted molar refractivity (Wildman–Crippen MR) is 115 cm³/mol. The molecule has 2 heterocycles. The molecule has 0 unspecified atom stereocenters. The molecule has 0 radical (unpaired) electrons. The number of ether oxygens (including phenoxy) is 3. The van der Waals surface area contributed by atoms with Crippen LogP contribution in [0.2, 0.25) is 0 Å². The molecule has 0 aromatic heterocycles. The first-order chi connectivity index (χ1) is 14.6. The Morgan fingerprint density at radius 3 is 2.53 bits per heavy atom. The summed E-state index contributed by atoms with van der Waals surface area (Å²) in [5.74, 6) is 2.22. The molecule has 8 heteroatoms. The summed E-state index contributed by atoms with van der Waals surface area (Å²) in [6, 6.07) is 15.0. The predicted octanol–water partition coefficient (Wildman–Crippen LogP) is 2.80. The van der Waals surface area contributed by atoms with Crippen LogP contribution in [0.3, 0.4) is 0 Å². The van der Waals surface area contributed by atoms with Crippen molar-refractivity contribution in [3.05, 3.63) is 59.5 Å². The lowest BCUT2D eigenvalue weighted by atomic mass is 10.2. The summed E-state index contributed by atoms with van der Waals surface area (Å²) in [7, 11) is -3.39. The highest BCUT2D eigenvalue weighted by Gasteiger charge is 2.24. The van der Waals surface area contributed by atoms with Gasteiger partial charge in [0, 0.05) is 44.2 Å². The van der Waals surface area contributed by atoms with Crippen LogP contribution in [0.1, 0.15) is 12.0 Å². The van der Waals surface area contributed by atoms with Gasteiger partial charge < -0.3 is 19.1 Å². The molecular formula is C22H26N2O5S. The Balaban J connectivity index is 1.18. The number of sulfonamides is 1. The minimum Gasteiger partial charge on any atom is -0.493 e. The van der Waals surface area contributed by atoms with Crippen LogP contribution in [0.15, 0.2) is 53.9 Å². The zero-order chi connectivity index (χ0) is 20.8. The fourth-order valence-electron chi connectivity index (χ4n) is 3.47. The summed E-state index contributed by atoms with van der Waals surface area (Å²) < 4.78 is 43.1. The third-order valence-corrected chi connectivity index (χ3v) is 6.72. The number of piperazine rings is 1. The van der Waals surface area contributed by atoms with E-state index < -0.39 is 10.0 Å². The highest BCUT2D eigenvalue weighted by atomic mass is 32.2. The Hall–Kier alpha value is -2.55. The van der Waals surface area contributed by atoms with Gasteiger partial charge in [-0.3, -0.25) is 0 Å². The van der Waals surface area contributed by atoms with Gasteiger partial charge in [-0.2, -0.15) is 4.31 Å². The normalized spacial score (nSPS) is 17.5. The maximum Gasteiger partial charge on any atom is 0.236 e. The summed E-state index contributed by atoms with van der Waals surface area (Å²) in [4.78, 5) is 2.27. The van der Waals surface area contributed by atoms with Gasteiger partial charge in [-0.25, -0.2) is 8.42 Å². The van der Waals surface area contributed by atoms with E-state index in [0.717, 1.165) is 43.1 Å². The number of fused-ring (bicyclic) bond motifs is 1. The smallest absolute Gasteiger partial charge is 0.236 e. The molecule has 0 N–H and O–H groups in total. The number of hydrogen-bond acceptors (Lipinski definition) is 6. The largest absolute Gasteiger partial charge is 0.493 e. The summed E-state index contributed by atoms with van der Waals surface area (Å²) >= 11 is 0. The lowest BCUT2D eigenvalue weighted by Crippen LogP contribution is -2.48. The fourth-order valence-corrected chi connectivity index (χ4v) is 4.64. The first-order valence-electron chi connectivity index (χ1n) is 10.1. The molecule has 2 aliphatic rings. The van der Waals surface area contributed by atoms with Gasteiger partial charge in [0.1, 0.15) is 5.75 Å². The molecule has 2 aromatic carbocycles. The van der Waals surface area contributed by atoms with E-state index >= 15 is 0 Å². The number of nitrogens with zero attached hydrogens (tertiary/aromatic N) is 2. The van der Waals surface area contributed by atoms with Gasteiger partial charge in [0.15, 0.2) is 11.5 Å². The monoisotopic (exact) mass is 430 g/mol. The van der Waals surface area contributed by atoms with Gasteiger partial charge in [-0.1, -0.05) is 30.3 Å². The van der Waals surface area contributed by atoms with E-state index in [-0.39, 0.29) is 6.79 Å². The molecule has 1 fully saturated rings. The van der Waals surface area contributed by atoms with Crippen molar-refractivity contribution in [2.24, 2.45) is 0 Å². The molecule has 30 heavy (non-hydrogen) atoms. The second-order valence-electron chi connectivity index (χ2n) is 7.22. The molecule has 7 nitrogen and oxygen atoms in total. The van der Waals surface area contributed by atoms with Gasteiger partial charge in [-0.05, 0) is 30.2 Å². The van der Waals surface area contributed by atoms with Crippen LogP contribution in [0.5, 0.6) is 17.2 Å². The van der Waals surface area contributed by atoms with Gasteiger partial charge in [0.05, 0.1) is 6.61 Å². The summed E-state index contributed by atoms with van der Waals surface area (Å²) in [5, 5.41) is 1.30. The highest BCUT2D eigenvalue weighted by Crippen LogP contribution is 2.35. The van der Waals surface area contributed by atoms with Crippen molar-refractivity contribution in [3.63, 3.8) is 0 Å². The van der Waals surface area contributed by atoms with E-state index in [9.17, 15) is 8.42 Å². The average molecular weight is 431 g/mol. The molecule has 4 rings (SSSR count). The van der Waals surface area contributed by atoms with E-state index in [2.05, 4.69) is 4.90 Å². The third kappa shape index (κ3) is 5.33. The number of hydrogen-bond donors (Lipinski definition) is 0. The molecule has 0 spiro atoms. The van der Waals surface area contributed by atoms with Crippen LogP contribution < -0.4 is 14.2 Å². The SMILES string of the molecule is O=S(=O)(/C=C/c1ccccc1)N1CCN(CCCOc2ccc3c(c2)OCO3)CC1. The number of rotatable bonds is 8. The Kier molecular flexibility index (Phi) is 6.56. The highest BCUT2D eigenvalue weighted by molar-refractivity contribution is 7.92. The van der Waals surface area contributed by atoms with Crippen LogP contribution >= 0.6 is 0 Å². The van der Waals surface area contributed by atoms with E-state index in [1.807, 2.05) is 48.5 Å². The topological polar surface area (TPSA) is 68.3 Å². The van der Waals surface area contributed by atoms with Crippen LogP contribution in [0.25, 0.3) is 6.08 Å². The molecule has 0 atom stereocenters. The van der Waals surface area contributed by atoms with Crippen LogP contribution in [-0.4, -0.2) is 63.7 Å². The van der Waals surface area contributed by atoms with E-state index in [1.54, 1.807) is 10.4 Å². The molecule has 0 bridgehead atoms. The van der Waals surface area contributed by atoms with Crippen molar-refractivity contribution < 1.29 is 22.6 Å². The fraction of sp³-hybridized carbons (Fsp3) is 0.364. The van der Waals surface area contributed by atoms with Gasteiger partial charge in [0.25, 0.3) is 0 Å². The van der Waals surface area contributed by atoms with Gasteiger partial charge in [0.2, 0.25) is 16.8 Å². The van der Waals surface area contributed by atoms with Gasteiger partial charge >= 0.3 is 0 Å². The first kappa shape index (κ1) is 20.7. The van der Waals surface area contributed by atoms with Crippen molar-refractivity contribution in [3.8, 4) is 17.2 Å². The molecule has 0 amide bonds. The van der Waals surface area contributed by atoms with Crippen LogP contribution in [0, 0.1) is 0 Å². The van der Waals surface area contributed by atoms with Crippen molar-refractivity contribution in [2.75, 3.05) is 46.1 Å². The summed E-state index contributed by atoms with van der Waals surface area (Å²) in [5.41, 5.74) is 0.877. The Morgan fingerprint density at radius 2 is 1.73 bits per heavy atom. The molecule has 0 saturated carbocycles. The van der Waals surface area contributed by atoms with Gasteiger partial charge in [-0.15, -0.1) is 0 Å². The van der Waals surface area contributed by atoms with E-state index in [0.29, 0.717) is 25.4 Å². The van der Waals surface area contributed by atoms with Crippen molar-refractivity contribution in [1.82, 2.24) is 9.21 Å². The second-order valence-corrected chi connectivity index (χ2v) is 9.03. The van der Waals surface area contributed by atoms with E-state index in [4.69, 9.17) is 14.2 Å². The second kappa shape index (κ2) is 9.51. The quantitative estimate of drug-likeness (QED) is 0.600. The molecule has 160 valence electrons. The van der Waals surface area contributed by atoms with Crippen molar-refractivity contribution in [1.29, 1.82) is 0 Å². The third-order valence-electron chi connectivity index (χ3n) is 5.15. The first-order valence-corrected chi connectivity index (χ1v) is 11.6. The number of benzene rings is 2. The Morgan fingerprint density at radius 1 is 0.967 bits per heavy atom. The maximum absolute atomic E-state index is 12.5. The minimum absolute atomic E-state index is 0.253. The van der Waals surface area contributed by atoms with E-state index in [1.165, 1.54) is 5.41 Å². The zero-order valence-corrected chi connectivity index (χ0v) is 17.6.